The van der Waals surface area contributed by atoms with Crippen molar-refractivity contribution in [3.63, 3.8) is 0 Å². The highest BCUT2D eigenvalue weighted by atomic mass is 32.2. The zero-order valence-electron chi connectivity index (χ0n) is 20.5. The molecule has 4 N–H and O–H groups in total. The van der Waals surface area contributed by atoms with Gasteiger partial charge in [0, 0.05) is 46.3 Å². The third kappa shape index (κ3) is 4.96. The molecule has 2 atom stereocenters. The Kier molecular flexibility index (Phi) is 6.96. The van der Waals surface area contributed by atoms with Gasteiger partial charge in [0.25, 0.3) is 0 Å². The van der Waals surface area contributed by atoms with Crippen LogP contribution >= 0.6 is 11.3 Å². The lowest BCUT2D eigenvalue weighted by molar-refractivity contribution is 0.351. The maximum Gasteiger partial charge on any atom is 0.233 e. The molecule has 9 heteroatoms. The minimum Gasteiger partial charge on any atom is -0.398 e. The fourth-order valence-electron chi connectivity index (χ4n) is 4.90. The summed E-state index contributed by atoms with van der Waals surface area (Å²) >= 11 is 1.23. The van der Waals surface area contributed by atoms with Gasteiger partial charge in [-0.2, -0.15) is 0 Å². The van der Waals surface area contributed by atoms with Gasteiger partial charge in [0.05, 0.1) is 10.4 Å². The molecule has 1 fully saturated rings. The fraction of sp³-hybridized carbons (Fsp3) is 0.333. The smallest absolute Gasteiger partial charge is 0.233 e. The summed E-state index contributed by atoms with van der Waals surface area (Å²) in [6, 6.07) is 15.2. The number of hydrogen-bond donors (Lipinski definition) is 3. The highest BCUT2D eigenvalue weighted by Gasteiger charge is 2.25. The van der Waals surface area contributed by atoms with Crippen molar-refractivity contribution in [1.82, 2.24) is 15.3 Å². The maximum absolute atomic E-state index is 12.8. The van der Waals surface area contributed by atoms with Gasteiger partial charge < -0.3 is 16.4 Å². The largest absolute Gasteiger partial charge is 0.398 e. The second-order valence-corrected chi connectivity index (χ2v) is 12.7. The van der Waals surface area contributed by atoms with Crippen LogP contribution in [-0.2, 0) is 16.4 Å². The molecule has 0 radical (unpaired) electrons. The first kappa shape index (κ1) is 24.7. The van der Waals surface area contributed by atoms with Crippen LogP contribution < -0.4 is 16.4 Å². The second-order valence-electron chi connectivity index (χ2n) is 9.46. The van der Waals surface area contributed by atoms with E-state index in [9.17, 15) is 8.42 Å². The molecule has 1 saturated carbocycles. The monoisotopic (exact) mass is 521 g/mol. The minimum atomic E-state index is -3.58. The molecule has 4 aromatic rings. The summed E-state index contributed by atoms with van der Waals surface area (Å²) in [7, 11) is -3.58. The van der Waals surface area contributed by atoms with E-state index < -0.39 is 9.84 Å². The molecular formula is C27H31N5O2S2. The summed E-state index contributed by atoms with van der Waals surface area (Å²) in [5.74, 6) is 0.856. The zero-order valence-corrected chi connectivity index (χ0v) is 22.1. The topological polar surface area (TPSA) is 110 Å². The van der Waals surface area contributed by atoms with Crippen molar-refractivity contribution >= 4 is 43.6 Å². The van der Waals surface area contributed by atoms with E-state index in [2.05, 4.69) is 28.6 Å². The summed E-state index contributed by atoms with van der Waals surface area (Å²) in [5, 5.41) is 8.29. The molecule has 2 aromatic carbocycles. The number of hydrogen-bond acceptors (Lipinski definition) is 8. The lowest BCUT2D eigenvalue weighted by atomic mass is 9.90. The number of nitrogen functional groups attached to an aromatic ring is 1. The first-order valence-corrected chi connectivity index (χ1v) is 14.5. The molecule has 0 spiro atoms. The first-order chi connectivity index (χ1) is 17.3. The van der Waals surface area contributed by atoms with Crippen LogP contribution in [0.1, 0.15) is 41.7 Å². The van der Waals surface area contributed by atoms with Gasteiger partial charge in [-0.15, -0.1) is 11.3 Å². The Bertz CT molecular complexity index is 1490. The van der Waals surface area contributed by atoms with Crippen molar-refractivity contribution in [3.8, 4) is 0 Å². The van der Waals surface area contributed by atoms with E-state index in [1.807, 2.05) is 19.1 Å². The third-order valence-corrected chi connectivity index (χ3v) is 10.1. The molecule has 36 heavy (non-hydrogen) atoms. The predicted molar refractivity (Wildman–Crippen MR) is 146 cm³/mol. The van der Waals surface area contributed by atoms with Crippen molar-refractivity contribution in [2.45, 2.75) is 67.4 Å². The molecule has 2 heterocycles. The summed E-state index contributed by atoms with van der Waals surface area (Å²) < 4.78 is 25.8. The molecule has 7 nitrogen and oxygen atoms in total. The highest BCUT2D eigenvalue weighted by Crippen LogP contribution is 2.32. The van der Waals surface area contributed by atoms with E-state index in [0.717, 1.165) is 64.1 Å². The van der Waals surface area contributed by atoms with Gasteiger partial charge in [-0.05, 0) is 63.3 Å². The second kappa shape index (κ2) is 10.2. The Balaban J connectivity index is 1.23. The van der Waals surface area contributed by atoms with Gasteiger partial charge in [-0.3, -0.25) is 0 Å². The fourth-order valence-corrected chi connectivity index (χ4v) is 7.44. The third-order valence-electron chi connectivity index (χ3n) is 6.91. The van der Waals surface area contributed by atoms with Crippen LogP contribution in [0.15, 0.2) is 64.0 Å². The van der Waals surface area contributed by atoms with E-state index >= 15 is 0 Å². The predicted octanol–water partition coefficient (Wildman–Crippen LogP) is 5.24. The maximum atomic E-state index is 12.8. The van der Waals surface area contributed by atoms with Gasteiger partial charge in [-0.25, -0.2) is 18.4 Å². The molecule has 1 aliphatic rings. The van der Waals surface area contributed by atoms with Crippen molar-refractivity contribution in [2.24, 2.45) is 0 Å². The first-order valence-electron chi connectivity index (χ1n) is 12.2. The SMILES string of the molecule is Cc1c(NC2CCCC(NCc3cnc(S(=O)(=O)c4ccccc4)s3)C2)nc2cccc(C)c2c1N. The molecule has 0 bridgehead atoms. The molecule has 1 aliphatic carbocycles. The number of nitrogens with two attached hydrogens (primary N) is 1. The van der Waals surface area contributed by atoms with Crippen molar-refractivity contribution in [3.05, 3.63) is 70.7 Å². The van der Waals surface area contributed by atoms with Crippen molar-refractivity contribution < 1.29 is 8.42 Å². The number of fused-ring (bicyclic) bond motifs is 1. The Morgan fingerprint density at radius 2 is 1.83 bits per heavy atom. The van der Waals surface area contributed by atoms with E-state index in [4.69, 9.17) is 10.7 Å². The highest BCUT2D eigenvalue weighted by molar-refractivity contribution is 7.93. The number of rotatable bonds is 7. The van der Waals surface area contributed by atoms with Crippen LogP contribution in [0.25, 0.3) is 10.9 Å². The number of benzene rings is 2. The Hall–Kier alpha value is -3.01. The number of aromatic nitrogens is 2. The molecule has 2 unspecified atom stereocenters. The molecule has 0 amide bonds. The van der Waals surface area contributed by atoms with Gasteiger partial charge in [0.2, 0.25) is 14.2 Å². The molecular weight excluding hydrogens is 490 g/mol. The average molecular weight is 522 g/mol. The number of thiazole rings is 1. The van der Waals surface area contributed by atoms with Crippen LogP contribution in [0.2, 0.25) is 0 Å². The van der Waals surface area contributed by atoms with Crippen molar-refractivity contribution in [2.75, 3.05) is 11.1 Å². The van der Waals surface area contributed by atoms with Crippen molar-refractivity contribution in [1.29, 1.82) is 0 Å². The van der Waals surface area contributed by atoms with Gasteiger partial charge in [-0.1, -0.05) is 30.3 Å². The van der Waals surface area contributed by atoms with Crippen LogP contribution in [-0.4, -0.2) is 30.5 Å². The van der Waals surface area contributed by atoms with E-state index in [0.29, 0.717) is 18.6 Å². The Morgan fingerprint density at radius 3 is 2.64 bits per heavy atom. The summed E-state index contributed by atoms with van der Waals surface area (Å²) in [6.45, 7) is 4.69. The van der Waals surface area contributed by atoms with Crippen LogP contribution in [0.3, 0.4) is 0 Å². The quantitative estimate of drug-likeness (QED) is 0.305. The summed E-state index contributed by atoms with van der Waals surface area (Å²) in [4.78, 5) is 10.3. The molecule has 0 aliphatic heterocycles. The number of nitrogens with one attached hydrogen (secondary N) is 2. The van der Waals surface area contributed by atoms with Gasteiger partial charge in [0.15, 0.2) is 0 Å². The van der Waals surface area contributed by atoms with Gasteiger partial charge >= 0.3 is 0 Å². The molecule has 2 aromatic heterocycles. The van der Waals surface area contributed by atoms with Gasteiger partial charge in [0.1, 0.15) is 5.82 Å². The summed E-state index contributed by atoms with van der Waals surface area (Å²) in [5.41, 5.74) is 10.3. The van der Waals surface area contributed by atoms with E-state index in [-0.39, 0.29) is 9.24 Å². The van der Waals surface area contributed by atoms with Crippen LogP contribution in [0.4, 0.5) is 11.5 Å². The molecule has 188 valence electrons. The minimum absolute atomic E-state index is 0.138. The number of aryl methyl sites for hydroxylation is 1. The summed E-state index contributed by atoms with van der Waals surface area (Å²) in [6.07, 6.45) is 5.88. The lowest BCUT2D eigenvalue weighted by Crippen LogP contribution is -2.38. The van der Waals surface area contributed by atoms with E-state index in [1.54, 1.807) is 36.5 Å². The Morgan fingerprint density at radius 1 is 1.06 bits per heavy atom. The van der Waals surface area contributed by atoms with E-state index in [1.165, 1.54) is 11.3 Å². The standard InChI is InChI=1S/C27H31N5O2S2/c1-17-8-6-13-23-24(17)25(28)18(2)26(32-23)31-20-10-7-9-19(14-20)29-15-21-16-30-27(35-21)36(33,34)22-11-4-3-5-12-22/h3-6,8,11-13,16,19-20,29H,7,9-10,14-15H2,1-2H3,(H3,28,31,32). The average Bonchev–Trinajstić information content (AvgIpc) is 3.37. The van der Waals surface area contributed by atoms with Crippen LogP contribution in [0.5, 0.6) is 0 Å². The molecule has 0 saturated heterocycles. The van der Waals surface area contributed by atoms with Crippen LogP contribution in [0, 0.1) is 13.8 Å². The molecule has 5 rings (SSSR count). The zero-order chi connectivity index (χ0) is 25.3. The Labute approximate surface area is 216 Å². The lowest BCUT2D eigenvalue weighted by Gasteiger charge is -2.31. The normalized spacial score (nSPS) is 18.4. The number of anilines is 2. The number of pyridine rings is 1. The number of nitrogens with zero attached hydrogens (tertiary/aromatic N) is 2. The number of sulfone groups is 1.